The number of ether oxygens (including phenoxy) is 2. The minimum absolute atomic E-state index is 0.0465. The van der Waals surface area contributed by atoms with Gasteiger partial charge in [0.1, 0.15) is 17.2 Å². The third kappa shape index (κ3) is 3.88. The van der Waals surface area contributed by atoms with E-state index in [1.807, 2.05) is 45.0 Å². The number of benzene rings is 1. The molecule has 1 aromatic heterocycles. The molecule has 0 unspecified atom stereocenters. The number of hydrogen-bond donors (Lipinski definition) is 0. The highest BCUT2D eigenvalue weighted by atomic mass is 16.5. The molecule has 0 N–H and O–H groups in total. The van der Waals surface area contributed by atoms with Crippen LogP contribution in [-0.2, 0) is 11.3 Å². The number of methoxy groups -OCH3 is 2. The number of hydrogen-bond acceptors (Lipinski definition) is 5. The van der Waals surface area contributed by atoms with Gasteiger partial charge < -0.3 is 18.9 Å². The van der Waals surface area contributed by atoms with Gasteiger partial charge in [0.05, 0.1) is 26.3 Å². The van der Waals surface area contributed by atoms with Crippen molar-refractivity contribution in [1.29, 1.82) is 0 Å². The van der Waals surface area contributed by atoms with Crippen LogP contribution < -0.4 is 9.47 Å². The third-order valence-electron chi connectivity index (χ3n) is 3.77. The lowest BCUT2D eigenvalue weighted by Gasteiger charge is -2.21. The first-order valence-electron chi connectivity index (χ1n) is 7.96. The number of rotatable bonds is 7. The second kappa shape index (κ2) is 7.86. The zero-order valence-corrected chi connectivity index (χ0v) is 14.8. The molecular formula is C18H24N2O4. The van der Waals surface area contributed by atoms with Crippen LogP contribution in [-0.4, -0.2) is 36.7 Å². The van der Waals surface area contributed by atoms with Crippen molar-refractivity contribution in [3.05, 3.63) is 30.0 Å². The summed E-state index contributed by atoms with van der Waals surface area (Å²) in [4.78, 5) is 13.9. The zero-order valence-electron chi connectivity index (χ0n) is 14.8. The maximum atomic E-state index is 12.2. The van der Waals surface area contributed by atoms with Crippen molar-refractivity contribution >= 4 is 5.91 Å². The molecule has 1 heterocycles. The zero-order chi connectivity index (χ0) is 17.7. The van der Waals surface area contributed by atoms with Crippen LogP contribution in [0, 0.1) is 5.92 Å². The van der Waals surface area contributed by atoms with Crippen molar-refractivity contribution in [2.24, 2.45) is 5.92 Å². The Morgan fingerprint density at radius 2 is 2.00 bits per heavy atom. The molecule has 6 nitrogen and oxygen atoms in total. The summed E-state index contributed by atoms with van der Waals surface area (Å²) in [6.45, 7) is 6.78. The average Bonchev–Trinajstić information content (AvgIpc) is 3.06. The standard InChI is InChI=1S/C18H24N2O4/c1-6-20(18(21)12(2)3)11-13-9-17(24-19-13)15-10-14(22-4)7-8-16(15)23-5/h7-10,12H,6,11H2,1-5H3. The Balaban J connectivity index is 2.26. The predicted octanol–water partition coefficient (Wildman–Crippen LogP) is 3.36. The van der Waals surface area contributed by atoms with E-state index in [1.54, 1.807) is 19.1 Å². The molecule has 0 atom stereocenters. The molecule has 2 rings (SSSR count). The molecule has 0 saturated heterocycles. The first kappa shape index (κ1) is 17.8. The van der Waals surface area contributed by atoms with Crippen LogP contribution in [0.15, 0.2) is 28.8 Å². The Kier molecular flexibility index (Phi) is 5.84. The SMILES string of the molecule is CCN(Cc1cc(-c2cc(OC)ccc2OC)on1)C(=O)C(C)C. The minimum Gasteiger partial charge on any atom is -0.497 e. The predicted molar refractivity (Wildman–Crippen MR) is 91.0 cm³/mol. The lowest BCUT2D eigenvalue weighted by Crippen LogP contribution is -2.33. The number of nitrogens with zero attached hydrogens (tertiary/aromatic N) is 2. The highest BCUT2D eigenvalue weighted by Crippen LogP contribution is 2.33. The molecule has 0 bridgehead atoms. The first-order chi connectivity index (χ1) is 11.5. The van der Waals surface area contributed by atoms with Gasteiger partial charge in [-0.3, -0.25) is 4.79 Å². The van der Waals surface area contributed by atoms with E-state index in [1.165, 1.54) is 0 Å². The van der Waals surface area contributed by atoms with Crippen LogP contribution in [0.5, 0.6) is 11.5 Å². The van der Waals surface area contributed by atoms with Gasteiger partial charge in [-0.25, -0.2) is 0 Å². The molecular weight excluding hydrogens is 308 g/mol. The fourth-order valence-electron chi connectivity index (χ4n) is 2.43. The Labute approximate surface area is 142 Å². The maximum Gasteiger partial charge on any atom is 0.225 e. The minimum atomic E-state index is -0.0465. The molecule has 0 fully saturated rings. The van der Waals surface area contributed by atoms with Crippen molar-refractivity contribution in [3.8, 4) is 22.8 Å². The van der Waals surface area contributed by atoms with Gasteiger partial charge in [0.2, 0.25) is 5.91 Å². The lowest BCUT2D eigenvalue weighted by atomic mass is 10.1. The summed E-state index contributed by atoms with van der Waals surface area (Å²) in [6, 6.07) is 7.30. The molecule has 0 aliphatic rings. The monoisotopic (exact) mass is 332 g/mol. The highest BCUT2D eigenvalue weighted by Gasteiger charge is 2.19. The molecule has 24 heavy (non-hydrogen) atoms. The fraction of sp³-hybridized carbons (Fsp3) is 0.444. The van der Waals surface area contributed by atoms with Crippen LogP contribution >= 0.6 is 0 Å². The van der Waals surface area contributed by atoms with Gasteiger partial charge in [-0.15, -0.1) is 0 Å². The molecule has 130 valence electrons. The average molecular weight is 332 g/mol. The molecule has 0 aliphatic carbocycles. The van der Waals surface area contributed by atoms with Crippen LogP contribution in [0.2, 0.25) is 0 Å². The molecule has 1 aromatic carbocycles. The summed E-state index contributed by atoms with van der Waals surface area (Å²) in [7, 11) is 3.21. The van der Waals surface area contributed by atoms with Gasteiger partial charge in [0.15, 0.2) is 5.76 Å². The van der Waals surface area contributed by atoms with Gasteiger partial charge in [0, 0.05) is 18.5 Å². The van der Waals surface area contributed by atoms with E-state index in [4.69, 9.17) is 14.0 Å². The van der Waals surface area contributed by atoms with E-state index in [9.17, 15) is 4.79 Å². The number of amides is 1. The van der Waals surface area contributed by atoms with Crippen LogP contribution in [0.3, 0.4) is 0 Å². The van der Waals surface area contributed by atoms with Gasteiger partial charge in [-0.1, -0.05) is 19.0 Å². The van der Waals surface area contributed by atoms with Gasteiger partial charge in [-0.2, -0.15) is 0 Å². The summed E-state index contributed by atoms with van der Waals surface area (Å²) in [5.41, 5.74) is 1.46. The van der Waals surface area contributed by atoms with E-state index in [2.05, 4.69) is 5.16 Å². The smallest absolute Gasteiger partial charge is 0.225 e. The Morgan fingerprint density at radius 1 is 1.25 bits per heavy atom. The summed E-state index contributed by atoms with van der Waals surface area (Å²) >= 11 is 0. The first-order valence-corrected chi connectivity index (χ1v) is 7.96. The van der Waals surface area contributed by atoms with Gasteiger partial charge in [-0.05, 0) is 25.1 Å². The van der Waals surface area contributed by atoms with Gasteiger partial charge in [0.25, 0.3) is 0 Å². The van der Waals surface area contributed by atoms with Crippen molar-refractivity contribution in [2.75, 3.05) is 20.8 Å². The van der Waals surface area contributed by atoms with Crippen molar-refractivity contribution in [2.45, 2.75) is 27.3 Å². The lowest BCUT2D eigenvalue weighted by molar-refractivity contribution is -0.134. The Hall–Kier alpha value is -2.50. The van der Waals surface area contributed by atoms with E-state index in [0.717, 1.165) is 5.56 Å². The molecule has 2 aromatic rings. The fourth-order valence-corrected chi connectivity index (χ4v) is 2.43. The normalized spacial score (nSPS) is 10.8. The number of carbonyl (C=O) groups is 1. The van der Waals surface area contributed by atoms with E-state index in [0.29, 0.717) is 36.0 Å². The Morgan fingerprint density at radius 3 is 2.58 bits per heavy atom. The van der Waals surface area contributed by atoms with Gasteiger partial charge >= 0.3 is 0 Å². The molecule has 6 heteroatoms. The molecule has 0 radical (unpaired) electrons. The summed E-state index contributed by atoms with van der Waals surface area (Å²) in [6.07, 6.45) is 0. The molecule has 1 amide bonds. The van der Waals surface area contributed by atoms with Crippen LogP contribution in [0.4, 0.5) is 0 Å². The van der Waals surface area contributed by atoms with Crippen LogP contribution in [0.1, 0.15) is 26.5 Å². The Bertz CT molecular complexity index is 694. The molecule has 0 aliphatic heterocycles. The van der Waals surface area contributed by atoms with E-state index in [-0.39, 0.29) is 11.8 Å². The van der Waals surface area contributed by atoms with Crippen molar-refractivity contribution < 1.29 is 18.8 Å². The summed E-state index contributed by atoms with van der Waals surface area (Å²) < 4.78 is 16.1. The van der Waals surface area contributed by atoms with E-state index < -0.39 is 0 Å². The highest BCUT2D eigenvalue weighted by molar-refractivity contribution is 5.78. The van der Waals surface area contributed by atoms with Crippen molar-refractivity contribution in [3.63, 3.8) is 0 Å². The number of carbonyl (C=O) groups excluding carboxylic acids is 1. The van der Waals surface area contributed by atoms with E-state index >= 15 is 0 Å². The summed E-state index contributed by atoms with van der Waals surface area (Å²) in [5.74, 6) is 2.00. The largest absolute Gasteiger partial charge is 0.497 e. The molecule has 0 spiro atoms. The number of aromatic nitrogens is 1. The quantitative estimate of drug-likeness (QED) is 0.778. The maximum absolute atomic E-state index is 12.2. The molecule has 0 saturated carbocycles. The third-order valence-corrected chi connectivity index (χ3v) is 3.77. The van der Waals surface area contributed by atoms with Crippen LogP contribution in [0.25, 0.3) is 11.3 Å². The summed E-state index contributed by atoms with van der Waals surface area (Å²) in [5, 5.41) is 4.09. The second-order valence-electron chi connectivity index (χ2n) is 5.76. The van der Waals surface area contributed by atoms with Crippen molar-refractivity contribution in [1.82, 2.24) is 10.1 Å². The second-order valence-corrected chi connectivity index (χ2v) is 5.76. The topological polar surface area (TPSA) is 64.8 Å².